The zero-order chi connectivity index (χ0) is 42.2. The molecular formula is Fe2Mo6O24S24. The summed E-state index contributed by atoms with van der Waals surface area (Å²) >= 11 is -31.4. The Balaban J connectivity index is -0.000000228. The van der Waals surface area contributed by atoms with E-state index < -0.39 is 100 Å². The van der Waals surface area contributed by atoms with Gasteiger partial charge in [0.05, 0.1) is 0 Å². The summed E-state index contributed by atoms with van der Waals surface area (Å²) in [6.07, 6.45) is 0. The maximum absolute atomic E-state index is 10.1. The second-order valence-corrected chi connectivity index (χ2v) is 58.5. The first-order chi connectivity index (χ1) is 24.6. The van der Waals surface area contributed by atoms with Crippen LogP contribution in [0.15, 0.2) is 0 Å². The first-order valence-corrected chi connectivity index (χ1v) is 58.2. The summed E-state index contributed by atoms with van der Waals surface area (Å²) in [7, 11) is 19.9. The Morgan fingerprint density at radius 3 is 0.393 bits per heavy atom. The van der Waals surface area contributed by atoms with Crippen molar-refractivity contribution < 1.29 is 215 Å². The Hall–Kier alpha value is 10.7. The Morgan fingerprint density at radius 1 is 0.214 bits per heavy atom. The quantitative estimate of drug-likeness (QED) is 0.0290. The molecule has 0 aromatic heterocycles. The fourth-order valence-electron chi connectivity index (χ4n) is 0.476. The third-order valence-corrected chi connectivity index (χ3v) is 56.0. The van der Waals surface area contributed by atoms with Gasteiger partial charge in [0, 0.05) is 0 Å². The van der Waals surface area contributed by atoms with Gasteiger partial charge in [-0.05, 0) is 0 Å². The molecule has 0 N–H and O–H groups in total. The molecule has 0 aliphatic carbocycles. The molecular weight excluding hydrogens is 1840 g/mol. The van der Waals surface area contributed by atoms with E-state index in [2.05, 4.69) is 17.0 Å². The van der Waals surface area contributed by atoms with Crippen molar-refractivity contribution in [2.45, 2.75) is 0 Å². The van der Waals surface area contributed by atoms with E-state index in [1.807, 2.05) is 0 Å². The summed E-state index contributed by atoms with van der Waals surface area (Å²) in [5.74, 6) is 0. The molecule has 0 unspecified atom stereocenters. The second-order valence-electron chi connectivity index (χ2n) is 4.49. The van der Waals surface area contributed by atoms with Crippen molar-refractivity contribution >= 4 is 243 Å². The van der Waals surface area contributed by atoms with Gasteiger partial charge < -0.3 is 0 Å². The summed E-state index contributed by atoms with van der Waals surface area (Å²) < 4.78 is 205. The van der Waals surface area contributed by atoms with Crippen LogP contribution in [0.1, 0.15) is 0 Å². The van der Waals surface area contributed by atoms with Crippen molar-refractivity contribution in [2.24, 2.45) is 0 Å². The standard InChI is InChI=1S/2Fe.6Mo.3H2O2S8.18O/c;;;;;;;;3*1-3-5-7-9-10-8-6-4-2;;;;;;;;;;;;;;;;;;/h;;;;;;;;3*1-2H;;;;;;;;;;;;;;;;;;/q2*+3;6*+1;;;;;;;;;;;;;;;;6*-1/p-6. The third kappa shape index (κ3) is 84.6. The van der Waals surface area contributed by atoms with Crippen LogP contribution in [0.2, 0.25) is 0 Å². The van der Waals surface area contributed by atoms with E-state index in [1.165, 1.54) is 59.0 Å². The first kappa shape index (κ1) is 75.6. The maximum atomic E-state index is 10.1. The zero-order valence-electron chi connectivity index (χ0n) is 22.8. The Morgan fingerprint density at radius 2 is 0.304 bits per heavy atom. The van der Waals surface area contributed by atoms with Crippen LogP contribution >= 0.6 is 243 Å². The van der Waals surface area contributed by atoms with Gasteiger partial charge in [0.2, 0.25) is 0 Å². The van der Waals surface area contributed by atoms with Crippen LogP contribution in [-0.4, -0.2) is 0 Å². The van der Waals surface area contributed by atoms with Gasteiger partial charge in [-0.1, -0.05) is 0 Å². The zero-order valence-corrected chi connectivity index (χ0v) is 56.6. The van der Waals surface area contributed by atoms with E-state index in [-0.39, 0.29) is 34.1 Å². The van der Waals surface area contributed by atoms with E-state index in [4.69, 9.17) is 0 Å². The van der Waals surface area contributed by atoms with E-state index in [1.54, 1.807) is 0 Å². The molecule has 0 aliphatic rings. The summed E-state index contributed by atoms with van der Waals surface area (Å²) in [6.45, 7) is 0. The molecule has 0 amide bonds. The van der Waals surface area contributed by atoms with Crippen molar-refractivity contribution in [2.75, 3.05) is 0 Å². The summed E-state index contributed by atoms with van der Waals surface area (Å²) in [6, 6.07) is 0. The number of rotatable bonds is 33. The van der Waals surface area contributed by atoms with Crippen molar-refractivity contribution in [1.82, 2.24) is 0 Å². The second kappa shape index (κ2) is 46.7. The van der Waals surface area contributed by atoms with Crippen LogP contribution in [0, 0.1) is 0 Å². The summed E-state index contributed by atoms with van der Waals surface area (Å²) in [4.78, 5) is 0. The molecule has 0 aromatic rings. The van der Waals surface area contributed by atoms with Gasteiger partial charge in [-0.3, -0.25) is 0 Å². The van der Waals surface area contributed by atoms with Gasteiger partial charge in [-0.25, -0.2) is 0 Å². The minimum absolute atomic E-state index is 0. The van der Waals surface area contributed by atoms with Crippen molar-refractivity contribution in [3.8, 4) is 0 Å². The van der Waals surface area contributed by atoms with E-state index in [9.17, 15) is 63.3 Å². The fraction of sp³-hybridized carbons (Fsp3) is 0. The molecule has 0 saturated carbocycles. The van der Waals surface area contributed by atoms with Crippen LogP contribution in [0.25, 0.3) is 0 Å². The van der Waals surface area contributed by atoms with Gasteiger partial charge in [0.15, 0.2) is 0 Å². The molecule has 0 rings (SSSR count). The fourth-order valence-corrected chi connectivity index (χ4v) is 60.3. The molecule has 0 saturated heterocycles. The van der Waals surface area contributed by atoms with Gasteiger partial charge in [-0.15, -0.1) is 0 Å². The Bertz CT molecular complexity index is 1280. The predicted molar refractivity (Wildman–Crippen MR) is 197 cm³/mol. The van der Waals surface area contributed by atoms with E-state index in [0.717, 1.165) is 118 Å². The molecule has 0 bridgehead atoms. The summed E-state index contributed by atoms with van der Waals surface area (Å²) in [5.41, 5.74) is 0. The van der Waals surface area contributed by atoms with E-state index >= 15 is 0 Å². The molecule has 0 aliphatic heterocycles. The first-order valence-electron chi connectivity index (χ1n) is 8.50. The van der Waals surface area contributed by atoms with Crippen LogP contribution in [0.4, 0.5) is 0 Å². The molecule has 56 heteroatoms. The van der Waals surface area contributed by atoms with Crippen molar-refractivity contribution in [3.63, 3.8) is 0 Å². The molecule has 0 atom stereocenters. The molecule has 56 heavy (non-hydrogen) atoms. The van der Waals surface area contributed by atoms with Gasteiger partial charge in [0.25, 0.3) is 0 Å². The molecule has 0 spiro atoms. The Kier molecular flexibility index (Phi) is 63.1. The van der Waals surface area contributed by atoms with Crippen molar-refractivity contribution in [1.29, 1.82) is 0 Å². The molecule has 340 valence electrons. The number of hydrogen-bond donors (Lipinski definition) is 0. The van der Waals surface area contributed by atoms with Crippen molar-refractivity contribution in [3.05, 3.63) is 0 Å². The normalized spacial score (nSPS) is 12.3. The average Bonchev–Trinajstić information content (AvgIpc) is 2.97. The SMILES string of the molecule is [Fe+3].[Fe+3].[O]=[Mo](=[O])([O-])[O]SSSSSSSS[O][Mo](=[O])(=[O])[O-].[O]=[Mo](=[O])([O-])[O]SSSSSSSS[O][Mo](=[O])(=[O])[O-].[O]=[Mo](=[O])([O-])[O]SSSSSSSS[O][Mo](=[O])(=[O])[O-]. The van der Waals surface area contributed by atoms with E-state index in [0.29, 0.717) is 66.4 Å². The van der Waals surface area contributed by atoms with Gasteiger partial charge >= 0.3 is 458 Å². The van der Waals surface area contributed by atoms with Crippen LogP contribution in [0.5, 0.6) is 0 Å². The Labute approximate surface area is 447 Å². The third-order valence-electron chi connectivity index (χ3n) is 1.25. The van der Waals surface area contributed by atoms with Gasteiger partial charge in [0.1, 0.15) is 0 Å². The van der Waals surface area contributed by atoms with Crippen LogP contribution in [-0.2, 0) is 192 Å². The molecule has 2 radical (unpaired) electrons. The van der Waals surface area contributed by atoms with Crippen LogP contribution < -0.4 is 22.6 Å². The van der Waals surface area contributed by atoms with Gasteiger partial charge in [-0.2, -0.15) is 0 Å². The number of hydrogen-bond acceptors (Lipinski definition) is 48. The topological polar surface area (TPSA) is 399 Å². The average molecular weight is 1840 g/mol. The molecule has 0 fully saturated rings. The molecule has 0 heterocycles. The molecule has 0 aromatic carbocycles. The molecule has 24 nitrogen and oxygen atoms in total. The summed E-state index contributed by atoms with van der Waals surface area (Å²) in [5, 5.41) is 0. The monoisotopic (exact) mass is 1850 g/mol. The minimum atomic E-state index is -5.69. The van der Waals surface area contributed by atoms with Crippen LogP contribution in [0.3, 0.4) is 0 Å². The predicted octanol–water partition coefficient (Wildman–Crippen LogP) is 6.57.